The molecule has 1 N–H and O–H groups in total. The van der Waals surface area contributed by atoms with Gasteiger partial charge in [-0.25, -0.2) is 4.98 Å². The number of benzene rings is 2. The highest BCUT2D eigenvalue weighted by Crippen LogP contribution is 2.28. The predicted molar refractivity (Wildman–Crippen MR) is 117 cm³/mol. The Bertz CT molecular complexity index is 948. The first-order chi connectivity index (χ1) is 14.1. The number of rotatable bonds is 8. The van der Waals surface area contributed by atoms with E-state index in [9.17, 15) is 4.79 Å². The van der Waals surface area contributed by atoms with Crippen molar-refractivity contribution in [1.29, 1.82) is 0 Å². The molecule has 0 bridgehead atoms. The van der Waals surface area contributed by atoms with Gasteiger partial charge in [0.25, 0.3) is 5.91 Å². The van der Waals surface area contributed by atoms with Crippen LogP contribution in [0.3, 0.4) is 0 Å². The molecule has 0 saturated heterocycles. The number of carbonyl (C=O) groups excluding carboxylic acids is 1. The maximum Gasteiger partial charge on any atom is 0.254 e. The molecule has 0 spiro atoms. The molecule has 1 unspecified atom stereocenters. The van der Waals surface area contributed by atoms with Gasteiger partial charge in [0, 0.05) is 17.6 Å². The minimum Gasteiger partial charge on any atom is -0.497 e. The maximum atomic E-state index is 12.9. The summed E-state index contributed by atoms with van der Waals surface area (Å²) < 4.78 is 5.34. The first-order valence-electron chi connectivity index (χ1n) is 9.35. The van der Waals surface area contributed by atoms with Gasteiger partial charge < -0.3 is 15.0 Å². The van der Waals surface area contributed by atoms with E-state index in [0.717, 1.165) is 16.2 Å². The van der Waals surface area contributed by atoms with Crippen LogP contribution in [0.4, 0.5) is 0 Å². The van der Waals surface area contributed by atoms with Crippen LogP contribution in [0.5, 0.6) is 5.75 Å². The van der Waals surface area contributed by atoms with Crippen LogP contribution < -0.4 is 10.1 Å². The number of likely N-dealkylation sites (N-methyl/N-ethyl adjacent to an activating group) is 1. The van der Waals surface area contributed by atoms with Crippen molar-refractivity contribution in [3.63, 3.8) is 0 Å². The van der Waals surface area contributed by atoms with E-state index in [1.165, 1.54) is 11.8 Å². The second-order valence-electron chi connectivity index (χ2n) is 6.74. The van der Waals surface area contributed by atoms with E-state index in [1.54, 1.807) is 19.4 Å². The lowest BCUT2D eigenvalue weighted by Crippen LogP contribution is -2.34. The van der Waals surface area contributed by atoms with Crippen LogP contribution in [0, 0.1) is 0 Å². The summed E-state index contributed by atoms with van der Waals surface area (Å²) in [6.07, 6.45) is 1.71. The molecule has 1 aromatic heterocycles. The molecule has 0 radical (unpaired) electrons. The summed E-state index contributed by atoms with van der Waals surface area (Å²) in [7, 11) is 5.65. The molecule has 1 heterocycles. The fourth-order valence-electron chi connectivity index (χ4n) is 2.98. The van der Waals surface area contributed by atoms with Crippen LogP contribution in [0.1, 0.15) is 22.0 Å². The molecule has 1 amide bonds. The average Bonchev–Trinajstić information content (AvgIpc) is 2.75. The van der Waals surface area contributed by atoms with Crippen molar-refractivity contribution in [2.75, 3.05) is 27.7 Å². The third-order valence-corrected chi connectivity index (χ3v) is 5.56. The van der Waals surface area contributed by atoms with Gasteiger partial charge in [0.05, 0.1) is 18.7 Å². The summed E-state index contributed by atoms with van der Waals surface area (Å²) >= 11 is 1.49. The summed E-state index contributed by atoms with van der Waals surface area (Å²) in [6.45, 7) is 0.476. The molecule has 2 aromatic carbocycles. The quantitative estimate of drug-likeness (QED) is 0.604. The number of hydrogen-bond donors (Lipinski definition) is 1. The number of nitrogens with one attached hydrogen (secondary N) is 1. The fourth-order valence-corrected chi connectivity index (χ4v) is 3.88. The second kappa shape index (κ2) is 10.1. The van der Waals surface area contributed by atoms with Crippen molar-refractivity contribution in [3.8, 4) is 5.75 Å². The molecule has 1 atom stereocenters. The predicted octanol–water partition coefficient (Wildman–Crippen LogP) is 4.27. The monoisotopic (exact) mass is 407 g/mol. The summed E-state index contributed by atoms with van der Waals surface area (Å²) in [5, 5.41) is 3.76. The van der Waals surface area contributed by atoms with Gasteiger partial charge in [-0.2, -0.15) is 0 Å². The van der Waals surface area contributed by atoms with E-state index in [0.29, 0.717) is 17.1 Å². The van der Waals surface area contributed by atoms with Crippen molar-refractivity contribution >= 4 is 17.7 Å². The van der Waals surface area contributed by atoms with E-state index in [-0.39, 0.29) is 11.9 Å². The highest BCUT2D eigenvalue weighted by atomic mass is 32.2. The van der Waals surface area contributed by atoms with Crippen molar-refractivity contribution in [2.24, 2.45) is 0 Å². The molecular formula is C23H25N3O2S. The number of methoxy groups -OCH3 is 1. The van der Waals surface area contributed by atoms with Gasteiger partial charge in [-0.05, 0) is 56.1 Å². The lowest BCUT2D eigenvalue weighted by atomic mass is 10.1. The zero-order chi connectivity index (χ0) is 20.6. The van der Waals surface area contributed by atoms with Crippen molar-refractivity contribution < 1.29 is 9.53 Å². The Hall–Kier alpha value is -2.83. The lowest BCUT2D eigenvalue weighted by molar-refractivity contribution is 0.0938. The lowest BCUT2D eigenvalue weighted by Gasteiger charge is -2.25. The van der Waals surface area contributed by atoms with Gasteiger partial charge in [-0.3, -0.25) is 4.79 Å². The van der Waals surface area contributed by atoms with Gasteiger partial charge in [-0.1, -0.05) is 42.1 Å². The highest BCUT2D eigenvalue weighted by Gasteiger charge is 2.18. The Morgan fingerprint density at radius 3 is 2.62 bits per heavy atom. The number of hydrogen-bond acceptors (Lipinski definition) is 5. The van der Waals surface area contributed by atoms with Crippen LogP contribution in [-0.2, 0) is 0 Å². The zero-order valence-electron chi connectivity index (χ0n) is 16.8. The van der Waals surface area contributed by atoms with E-state index in [2.05, 4.69) is 15.2 Å². The van der Waals surface area contributed by atoms with E-state index >= 15 is 0 Å². The number of carbonyl (C=O) groups is 1. The smallest absolute Gasteiger partial charge is 0.254 e. The van der Waals surface area contributed by atoms with E-state index < -0.39 is 0 Å². The number of ether oxygens (including phenoxy) is 1. The average molecular weight is 408 g/mol. The van der Waals surface area contributed by atoms with Crippen molar-refractivity contribution in [3.05, 3.63) is 84.1 Å². The van der Waals surface area contributed by atoms with Gasteiger partial charge >= 0.3 is 0 Å². The van der Waals surface area contributed by atoms with Gasteiger partial charge in [-0.15, -0.1) is 0 Å². The van der Waals surface area contributed by atoms with Crippen LogP contribution in [0.2, 0.25) is 0 Å². The van der Waals surface area contributed by atoms with Crippen molar-refractivity contribution in [2.45, 2.75) is 16.0 Å². The van der Waals surface area contributed by atoms with E-state index in [4.69, 9.17) is 4.74 Å². The largest absolute Gasteiger partial charge is 0.497 e. The Balaban J connectivity index is 1.74. The Morgan fingerprint density at radius 2 is 1.90 bits per heavy atom. The van der Waals surface area contributed by atoms with Gasteiger partial charge in [0.1, 0.15) is 10.8 Å². The molecule has 3 rings (SSSR count). The summed E-state index contributed by atoms with van der Waals surface area (Å²) in [5.41, 5.74) is 1.66. The number of nitrogens with zero attached hydrogens (tertiary/aromatic N) is 2. The highest BCUT2D eigenvalue weighted by molar-refractivity contribution is 7.99. The third-order valence-electron chi connectivity index (χ3n) is 4.53. The third kappa shape index (κ3) is 5.59. The van der Waals surface area contributed by atoms with Crippen molar-refractivity contribution in [1.82, 2.24) is 15.2 Å². The molecule has 0 aliphatic rings. The number of aromatic nitrogens is 1. The normalized spacial score (nSPS) is 11.9. The molecule has 150 valence electrons. The molecular weight excluding hydrogens is 382 g/mol. The minimum atomic E-state index is -0.133. The number of pyridine rings is 1. The number of amides is 1. The molecule has 3 aromatic rings. The topological polar surface area (TPSA) is 54.5 Å². The SMILES string of the molecule is COc1cccc(C(CNC(=O)c2cccnc2Sc2ccccc2)N(C)C)c1. The van der Waals surface area contributed by atoms with Crippen LogP contribution >= 0.6 is 11.8 Å². The molecule has 0 aliphatic heterocycles. The molecule has 0 fully saturated rings. The van der Waals surface area contributed by atoms with Crippen LogP contribution in [-0.4, -0.2) is 43.5 Å². The molecule has 6 heteroatoms. The van der Waals surface area contributed by atoms with Crippen LogP contribution in [0.25, 0.3) is 0 Å². The maximum absolute atomic E-state index is 12.9. The Labute approximate surface area is 176 Å². The first-order valence-corrected chi connectivity index (χ1v) is 10.2. The van der Waals surface area contributed by atoms with E-state index in [1.807, 2.05) is 74.8 Å². The molecule has 0 saturated carbocycles. The summed E-state index contributed by atoms with van der Waals surface area (Å²) in [6, 6.07) is 21.5. The molecule has 0 aliphatic carbocycles. The van der Waals surface area contributed by atoms with Gasteiger partial charge in [0.2, 0.25) is 0 Å². The standard InChI is InChI=1S/C23H25N3O2S/c1-26(2)21(17-9-7-10-18(15-17)28-3)16-25-22(27)20-13-8-14-24-23(20)29-19-11-5-4-6-12-19/h4-15,21H,16H2,1-3H3,(H,25,27). The summed E-state index contributed by atoms with van der Waals surface area (Å²) in [4.78, 5) is 20.5. The molecule has 5 nitrogen and oxygen atoms in total. The zero-order valence-corrected chi connectivity index (χ0v) is 17.6. The fraction of sp³-hybridized carbons (Fsp3) is 0.217. The van der Waals surface area contributed by atoms with Gasteiger partial charge in [0.15, 0.2) is 0 Å². The summed E-state index contributed by atoms with van der Waals surface area (Å²) in [5.74, 6) is 0.667. The minimum absolute atomic E-state index is 0.0240. The first kappa shape index (κ1) is 20.9. The Kier molecular flexibility index (Phi) is 7.27. The Morgan fingerprint density at radius 1 is 1.10 bits per heavy atom. The second-order valence-corrected chi connectivity index (χ2v) is 7.80. The molecule has 29 heavy (non-hydrogen) atoms. The van der Waals surface area contributed by atoms with Crippen LogP contribution in [0.15, 0.2) is 82.8 Å².